The first kappa shape index (κ1) is 81.1. The minimum Gasteiger partial charge on any atom is -0.456 e. The van der Waals surface area contributed by atoms with Crippen molar-refractivity contribution in [2.24, 2.45) is 0 Å². The third-order valence-corrected chi connectivity index (χ3v) is 25.7. The van der Waals surface area contributed by atoms with Gasteiger partial charge in [0.05, 0.1) is 53.2 Å². The Morgan fingerprint density at radius 2 is 0.475 bits per heavy atom. The molecule has 22 nitrogen and oxygen atoms in total. The van der Waals surface area contributed by atoms with Gasteiger partial charge in [0.15, 0.2) is 0 Å². The number of anilines is 2. The number of benzene rings is 15. The number of ether oxygens (including phenoxy) is 4. The van der Waals surface area contributed by atoms with Crippen LogP contribution in [0, 0.1) is 0 Å². The lowest BCUT2D eigenvalue weighted by molar-refractivity contribution is 0.0877. The van der Waals surface area contributed by atoms with Crippen LogP contribution in [0.5, 0.6) is 46.0 Å². The topological polar surface area (TPSA) is 329 Å². The highest BCUT2D eigenvalue weighted by Crippen LogP contribution is 2.60. The van der Waals surface area contributed by atoms with Crippen LogP contribution in [0.25, 0.3) is 87.6 Å². The molecule has 0 saturated heterocycles. The summed E-state index contributed by atoms with van der Waals surface area (Å²) >= 11 is 0. The van der Waals surface area contributed by atoms with Crippen molar-refractivity contribution in [3.8, 4) is 90.5 Å². The number of hydrogen-bond donors (Lipinski definition) is 4. The van der Waals surface area contributed by atoms with Crippen LogP contribution in [0.3, 0.4) is 0 Å². The minimum atomic E-state index is -5.11. The molecular weight excluding hydrogens is 1630 g/mol. The summed E-state index contributed by atoms with van der Waals surface area (Å²) in [5.41, 5.74) is 4.59. The molecule has 0 saturated carbocycles. The second-order valence-electron chi connectivity index (χ2n) is 31.2. The molecule has 2 aliphatic heterocycles. The Bertz CT molecular complexity index is 6970. The van der Waals surface area contributed by atoms with Gasteiger partial charge in [-0.25, -0.2) is 9.80 Å². The average Bonchev–Trinajstić information content (AvgIpc) is 0.667. The van der Waals surface area contributed by atoms with E-state index in [0.717, 1.165) is 58.3 Å². The fourth-order valence-corrected chi connectivity index (χ4v) is 18.6. The molecule has 612 valence electrons. The van der Waals surface area contributed by atoms with E-state index in [-0.39, 0.29) is 169 Å². The molecule has 0 unspecified atom stereocenters. The number of para-hydroxylation sites is 4. The smallest absolute Gasteiger partial charge is 0.294 e. The number of nitrogens with zero attached hydrogens (tertiary/aromatic N) is 2. The van der Waals surface area contributed by atoms with Crippen molar-refractivity contribution < 1.29 is 90.0 Å². The zero-order valence-electron chi connectivity index (χ0n) is 66.4. The first-order valence-corrected chi connectivity index (χ1v) is 44.6. The minimum absolute atomic E-state index is 0.0229. The molecule has 0 radical (unpaired) electrons. The molecule has 4 N–H and O–H groups in total. The van der Waals surface area contributed by atoms with Crippen molar-refractivity contribution in [3.05, 3.63) is 299 Å². The van der Waals surface area contributed by atoms with Gasteiger partial charge in [-0.15, -0.1) is 0 Å². The Hall–Kier alpha value is -13.3. The summed E-state index contributed by atoms with van der Waals surface area (Å²) < 4.78 is 177. The van der Waals surface area contributed by atoms with E-state index in [9.17, 15) is 51.9 Å². The van der Waals surface area contributed by atoms with Crippen LogP contribution in [-0.2, 0) is 40.5 Å². The third-order valence-electron chi connectivity index (χ3n) is 22.3. The summed E-state index contributed by atoms with van der Waals surface area (Å²) in [5.74, 6) is -5.67. The van der Waals surface area contributed by atoms with Gasteiger partial charge in [-0.2, -0.15) is 33.7 Å². The van der Waals surface area contributed by atoms with E-state index >= 15 is 19.2 Å². The van der Waals surface area contributed by atoms with Gasteiger partial charge in [0.1, 0.15) is 46.0 Å². The summed E-state index contributed by atoms with van der Waals surface area (Å²) in [6.45, 7) is 15.4. The molecule has 26 heteroatoms. The van der Waals surface area contributed by atoms with E-state index in [1.54, 1.807) is 24.3 Å². The maximum absolute atomic E-state index is 17.1. The molecule has 2 heterocycles. The molecule has 0 bridgehead atoms. The van der Waals surface area contributed by atoms with Crippen molar-refractivity contribution in [3.63, 3.8) is 0 Å². The molecule has 2 aliphatic rings. The van der Waals surface area contributed by atoms with Crippen LogP contribution >= 0.6 is 0 Å². The SMILES string of the molecule is CC(C)c1cccc(C(C)C)c1N1C(=O)c2cc(Oc3ccccc3-c3ccccc3)c3c4c(Oc5ccccc5-c5ccccc5)cc5c6c(cc(Oc7ccc(S(=O)(=O)O)cc7-c7ccc(S(=O)(=O)O)cc7)c(c7c(Oc8ccc(S(=O)(=O)O)cc8-c8ccc(S(=O)(=O)O)cc8)cc(c2c37)C1=O)c64)C(=O)N(c1c(C(C)C)cccc1C(C)C)C5=O. The highest BCUT2D eigenvalue weighted by Gasteiger charge is 2.45. The molecule has 4 amide bonds. The number of fused-ring (bicyclic) bond motifs is 2. The molecule has 0 aromatic heterocycles. The zero-order valence-corrected chi connectivity index (χ0v) is 69.7. The highest BCUT2D eigenvalue weighted by atomic mass is 32.2. The first-order chi connectivity index (χ1) is 58.0. The number of carbonyl (C=O) groups is 4. The Labute approximate surface area is 702 Å². The Balaban J connectivity index is 1.13. The Kier molecular flexibility index (Phi) is 20.2. The van der Waals surface area contributed by atoms with Crippen LogP contribution in [0.1, 0.15) is 143 Å². The normalized spacial score (nSPS) is 13.3. The molecule has 0 fully saturated rings. The largest absolute Gasteiger partial charge is 0.456 e. The van der Waals surface area contributed by atoms with Gasteiger partial charge >= 0.3 is 0 Å². The van der Waals surface area contributed by atoms with E-state index in [2.05, 4.69) is 0 Å². The van der Waals surface area contributed by atoms with E-state index in [1.165, 1.54) is 60.7 Å². The summed E-state index contributed by atoms with van der Waals surface area (Å²) in [4.78, 5) is 68.1. The summed E-state index contributed by atoms with van der Waals surface area (Å²) in [6, 6.07) is 65.3. The van der Waals surface area contributed by atoms with Gasteiger partial charge in [0.25, 0.3) is 64.1 Å². The number of imide groups is 2. The quantitative estimate of drug-likeness (QED) is 0.0212. The van der Waals surface area contributed by atoms with Crippen LogP contribution in [0.2, 0.25) is 0 Å². The summed E-state index contributed by atoms with van der Waals surface area (Å²) in [7, 11) is -20.0. The maximum atomic E-state index is 17.1. The third kappa shape index (κ3) is 14.1. The monoisotopic (exact) mass is 1700 g/mol. The lowest BCUT2D eigenvalue weighted by Crippen LogP contribution is -2.42. The highest BCUT2D eigenvalue weighted by molar-refractivity contribution is 7.86. The molecule has 0 atom stereocenters. The second kappa shape index (κ2) is 30.5. The number of hydrogen-bond acceptors (Lipinski definition) is 16. The van der Waals surface area contributed by atoms with E-state index in [4.69, 9.17) is 18.9 Å². The van der Waals surface area contributed by atoms with Crippen LogP contribution in [0.4, 0.5) is 11.4 Å². The van der Waals surface area contributed by atoms with Crippen molar-refractivity contribution in [1.82, 2.24) is 0 Å². The van der Waals surface area contributed by atoms with Crippen molar-refractivity contribution in [2.45, 2.75) is 98.6 Å². The lowest BCUT2D eigenvalue weighted by Gasteiger charge is -2.35. The predicted octanol–water partition coefficient (Wildman–Crippen LogP) is 22.7. The van der Waals surface area contributed by atoms with E-state index in [0.29, 0.717) is 44.5 Å². The summed E-state index contributed by atoms with van der Waals surface area (Å²) in [6.07, 6.45) is 0. The fourth-order valence-electron chi connectivity index (χ4n) is 16.7. The van der Waals surface area contributed by atoms with Gasteiger partial charge in [-0.3, -0.25) is 37.4 Å². The number of rotatable bonds is 22. The standard InChI is InChI=1S/C96H74N2O20S4/c1-51(2)63-27-19-28-64(52(3)4)91(63)97-93(99)71-47-79(115-75-31-17-15-25-67(75)55-21-11-9-12-22-55)85-86-80(116-76-32-18-16-26-68(76)56-23-13-10-14-24-56)48-72-84-74(96(102)98(94(72)100)92-65(53(5)6)29-20-30-66(92)54(7)8)50-82(118-78-44-42-62(122(112,113)114)46-70(78)58-35-39-60(40-36-58)120(106,107)108)88(90(84)86)87-81(49-73(95(97)101)83(71)89(85)87)117-77-43-41-61(121(109,110)111)45-69(77)57-33-37-59(38-34-57)119(103,104)105/h9-54H,1-8H3,(H,103,104,105)(H,106,107,108)(H,109,110,111)(H,112,113,114). The molecule has 15 aromatic rings. The molecule has 17 rings (SSSR count). The Morgan fingerprint density at radius 3 is 0.746 bits per heavy atom. The van der Waals surface area contributed by atoms with Crippen LogP contribution in [0.15, 0.2) is 274 Å². The van der Waals surface area contributed by atoms with E-state index < -0.39 is 83.7 Å². The summed E-state index contributed by atoms with van der Waals surface area (Å²) in [5, 5.41) is -0.258. The van der Waals surface area contributed by atoms with Gasteiger partial charge in [-0.1, -0.05) is 213 Å². The molecule has 122 heavy (non-hydrogen) atoms. The van der Waals surface area contributed by atoms with E-state index in [1.807, 2.05) is 177 Å². The molecule has 0 aliphatic carbocycles. The lowest BCUT2D eigenvalue weighted by atomic mass is 9.80. The van der Waals surface area contributed by atoms with Crippen LogP contribution in [-0.4, -0.2) is 75.5 Å². The van der Waals surface area contributed by atoms with Crippen LogP contribution < -0.4 is 28.7 Å². The maximum Gasteiger partial charge on any atom is 0.294 e. The first-order valence-electron chi connectivity index (χ1n) is 38.8. The average molecular weight is 1700 g/mol. The Morgan fingerprint density at radius 1 is 0.230 bits per heavy atom. The second-order valence-corrected chi connectivity index (χ2v) is 36.9. The fraction of sp³-hybridized carbons (Fsp3) is 0.125. The van der Waals surface area contributed by atoms with Crippen molar-refractivity contribution >= 4 is 119 Å². The predicted molar refractivity (Wildman–Crippen MR) is 466 cm³/mol. The molecular formula is C96H74N2O20S4. The van der Waals surface area contributed by atoms with Gasteiger partial charge in [0.2, 0.25) is 0 Å². The van der Waals surface area contributed by atoms with Gasteiger partial charge in [-0.05, 0) is 165 Å². The molecule has 15 aromatic carbocycles. The number of carbonyl (C=O) groups excluding carboxylic acids is 4. The van der Waals surface area contributed by atoms with Gasteiger partial charge in [0, 0.05) is 65.3 Å². The molecule has 0 spiro atoms. The van der Waals surface area contributed by atoms with Crippen molar-refractivity contribution in [1.29, 1.82) is 0 Å². The van der Waals surface area contributed by atoms with Crippen molar-refractivity contribution in [2.75, 3.05) is 9.80 Å². The zero-order chi connectivity index (χ0) is 86.2. The number of amides is 4. The van der Waals surface area contributed by atoms with Gasteiger partial charge < -0.3 is 18.9 Å².